The molecule has 1 heterocycles. The number of para-hydroxylation sites is 1. The molecule has 1 aliphatic rings. The van der Waals surface area contributed by atoms with Gasteiger partial charge in [0, 0.05) is 15.7 Å². The summed E-state index contributed by atoms with van der Waals surface area (Å²) in [4.78, 5) is 28.0. The molecule has 0 radical (unpaired) electrons. The summed E-state index contributed by atoms with van der Waals surface area (Å²) in [5, 5.41) is 13.4. The second-order valence-corrected chi connectivity index (χ2v) is 9.72. The van der Waals surface area contributed by atoms with E-state index in [1.807, 2.05) is 30.3 Å². The van der Waals surface area contributed by atoms with Crippen molar-refractivity contribution in [3.8, 4) is 6.07 Å². The molecule has 0 aromatic heterocycles. The molecule has 34 heavy (non-hydrogen) atoms. The molecule has 0 aliphatic carbocycles. The van der Waals surface area contributed by atoms with E-state index in [1.54, 1.807) is 42.5 Å². The van der Waals surface area contributed by atoms with Gasteiger partial charge >= 0.3 is 0 Å². The molecule has 1 fully saturated rings. The lowest BCUT2D eigenvalue weighted by atomic mass is 10.1. The number of hydrogen-bond acceptors (Lipinski definition) is 4. The summed E-state index contributed by atoms with van der Waals surface area (Å²) in [6.07, 6.45) is 0.344. The Morgan fingerprint density at radius 2 is 1.71 bits per heavy atom. The number of anilines is 2. The first-order chi connectivity index (χ1) is 16.4. The van der Waals surface area contributed by atoms with Crippen LogP contribution in [0, 0.1) is 11.3 Å². The number of nitriles is 1. The lowest BCUT2D eigenvalue weighted by Gasteiger charge is -2.18. The highest BCUT2D eigenvalue weighted by atomic mass is 35.5. The van der Waals surface area contributed by atoms with Gasteiger partial charge in [-0.1, -0.05) is 83.0 Å². The van der Waals surface area contributed by atoms with Gasteiger partial charge in [0.1, 0.15) is 16.7 Å². The number of nitrogens with one attached hydrogen (secondary N) is 1. The quantitative estimate of drug-likeness (QED) is 0.295. The molecule has 9 heteroatoms. The summed E-state index contributed by atoms with van der Waals surface area (Å²) in [6, 6.07) is 22.7. The van der Waals surface area contributed by atoms with Gasteiger partial charge in [0.05, 0.1) is 16.0 Å². The third-order valence-corrected chi connectivity index (χ3v) is 7.26. The lowest BCUT2D eigenvalue weighted by molar-refractivity contribution is -0.117. The van der Waals surface area contributed by atoms with E-state index in [-0.39, 0.29) is 27.2 Å². The Balaban J connectivity index is 1.74. The lowest BCUT2D eigenvalue weighted by Crippen LogP contribution is -2.31. The number of amides is 2. The first-order valence-electron chi connectivity index (χ1n) is 10.1. The van der Waals surface area contributed by atoms with Crippen LogP contribution >= 0.6 is 46.6 Å². The summed E-state index contributed by atoms with van der Waals surface area (Å²) in [5.74, 6) is -0.936. The second-order valence-electron chi connectivity index (χ2n) is 7.28. The number of rotatable bonds is 5. The summed E-state index contributed by atoms with van der Waals surface area (Å²) < 4.78 is 0. The van der Waals surface area contributed by atoms with Crippen molar-refractivity contribution in [2.24, 2.45) is 0 Å². The number of halogens is 3. The topological polar surface area (TPSA) is 73.2 Å². The highest BCUT2D eigenvalue weighted by Gasteiger charge is 2.41. The van der Waals surface area contributed by atoms with Crippen LogP contribution in [0.4, 0.5) is 11.4 Å². The Kier molecular flexibility index (Phi) is 7.50. The third kappa shape index (κ3) is 5.08. The minimum atomic E-state index is -0.693. The number of hydrogen-bond donors (Lipinski definition) is 1. The number of carbonyl (C=O) groups excluding carboxylic acids is 2. The van der Waals surface area contributed by atoms with Crippen LogP contribution in [0.15, 0.2) is 83.4 Å². The van der Waals surface area contributed by atoms with Gasteiger partial charge in [-0.15, -0.1) is 0 Å². The molecule has 1 atom stereocenters. The summed E-state index contributed by atoms with van der Waals surface area (Å²) in [6.45, 7) is 0. The first kappa shape index (κ1) is 24.2. The maximum absolute atomic E-state index is 13.5. The van der Waals surface area contributed by atoms with Gasteiger partial charge in [0.25, 0.3) is 5.91 Å². The molecule has 1 unspecified atom stereocenters. The molecule has 4 rings (SSSR count). The average Bonchev–Trinajstić information content (AvgIpc) is 3.14. The molecule has 3 aromatic rings. The fourth-order valence-corrected chi connectivity index (χ4v) is 5.29. The standard InChI is InChI=1S/C25H16Cl3N3O2S/c26-16-10-11-20(28)21(13-16)30-23(32)18(14-29)25-31(17-7-2-1-3-8-17)24(33)22(34-25)12-15-6-4-5-9-19(15)27/h1-11,13,22H,12H2,(H,30,32). The fourth-order valence-electron chi connectivity index (χ4n) is 3.44. The van der Waals surface area contributed by atoms with Crippen molar-refractivity contribution in [1.82, 2.24) is 0 Å². The van der Waals surface area contributed by atoms with E-state index in [9.17, 15) is 14.9 Å². The van der Waals surface area contributed by atoms with Crippen molar-refractivity contribution in [2.45, 2.75) is 11.7 Å². The molecular formula is C25H16Cl3N3O2S. The highest BCUT2D eigenvalue weighted by molar-refractivity contribution is 8.05. The van der Waals surface area contributed by atoms with Gasteiger partial charge in [-0.25, -0.2) is 0 Å². The molecule has 3 aromatic carbocycles. The van der Waals surface area contributed by atoms with Crippen molar-refractivity contribution in [3.05, 3.63) is 104 Å². The number of nitrogens with zero attached hydrogens (tertiary/aromatic N) is 2. The van der Waals surface area contributed by atoms with E-state index in [2.05, 4.69) is 5.32 Å². The van der Waals surface area contributed by atoms with Crippen LogP contribution < -0.4 is 10.2 Å². The minimum Gasteiger partial charge on any atom is -0.320 e. The van der Waals surface area contributed by atoms with Crippen LogP contribution in [-0.4, -0.2) is 17.1 Å². The number of carbonyl (C=O) groups is 2. The second kappa shape index (κ2) is 10.5. The van der Waals surface area contributed by atoms with Crippen molar-refractivity contribution in [3.63, 3.8) is 0 Å². The SMILES string of the molecule is N#CC(C(=O)Nc1cc(Cl)ccc1Cl)=C1SC(Cc2ccccc2Cl)C(=O)N1c1ccccc1. The Bertz CT molecular complexity index is 1340. The fraction of sp³-hybridized carbons (Fsp3) is 0.0800. The Labute approximate surface area is 215 Å². The van der Waals surface area contributed by atoms with Crippen LogP contribution in [0.5, 0.6) is 0 Å². The Morgan fingerprint density at radius 1 is 1.00 bits per heavy atom. The molecule has 170 valence electrons. The monoisotopic (exact) mass is 527 g/mol. The van der Waals surface area contributed by atoms with Crippen LogP contribution in [0.25, 0.3) is 0 Å². The maximum Gasteiger partial charge on any atom is 0.269 e. The largest absolute Gasteiger partial charge is 0.320 e. The highest BCUT2D eigenvalue weighted by Crippen LogP contribution is 2.42. The molecule has 0 saturated carbocycles. The van der Waals surface area contributed by atoms with Crippen LogP contribution in [0.2, 0.25) is 15.1 Å². The normalized spacial score (nSPS) is 16.8. The van der Waals surface area contributed by atoms with E-state index in [0.29, 0.717) is 22.2 Å². The minimum absolute atomic E-state index is 0.208. The van der Waals surface area contributed by atoms with Crippen molar-refractivity contribution in [1.29, 1.82) is 5.26 Å². The van der Waals surface area contributed by atoms with Gasteiger partial charge < -0.3 is 5.32 Å². The van der Waals surface area contributed by atoms with E-state index in [4.69, 9.17) is 34.8 Å². The van der Waals surface area contributed by atoms with Crippen molar-refractivity contribution < 1.29 is 9.59 Å². The van der Waals surface area contributed by atoms with Gasteiger partial charge in [-0.2, -0.15) is 5.26 Å². The van der Waals surface area contributed by atoms with E-state index >= 15 is 0 Å². The predicted octanol–water partition coefficient (Wildman–Crippen LogP) is 6.71. The van der Waals surface area contributed by atoms with Crippen molar-refractivity contribution in [2.75, 3.05) is 10.2 Å². The number of benzene rings is 3. The Hall–Kier alpha value is -2.95. The third-order valence-electron chi connectivity index (χ3n) is 5.06. The van der Waals surface area contributed by atoms with Gasteiger partial charge in [-0.3, -0.25) is 14.5 Å². The zero-order chi connectivity index (χ0) is 24.2. The molecule has 1 aliphatic heterocycles. The van der Waals surface area contributed by atoms with Crippen molar-refractivity contribution >= 4 is 69.8 Å². The average molecular weight is 529 g/mol. The van der Waals surface area contributed by atoms with Crippen LogP contribution in [0.1, 0.15) is 5.56 Å². The predicted molar refractivity (Wildman–Crippen MR) is 138 cm³/mol. The molecule has 2 amide bonds. The number of thioether (sulfide) groups is 1. The van der Waals surface area contributed by atoms with E-state index in [0.717, 1.165) is 17.3 Å². The zero-order valence-electron chi connectivity index (χ0n) is 17.5. The van der Waals surface area contributed by atoms with Crippen LogP contribution in [-0.2, 0) is 16.0 Å². The van der Waals surface area contributed by atoms with Gasteiger partial charge in [-0.05, 0) is 48.4 Å². The molecule has 0 spiro atoms. The van der Waals surface area contributed by atoms with Crippen LogP contribution in [0.3, 0.4) is 0 Å². The maximum atomic E-state index is 13.5. The van der Waals surface area contributed by atoms with E-state index in [1.165, 1.54) is 11.0 Å². The summed E-state index contributed by atoms with van der Waals surface area (Å²) in [5.41, 5.74) is 1.41. The zero-order valence-corrected chi connectivity index (χ0v) is 20.6. The van der Waals surface area contributed by atoms with E-state index < -0.39 is 11.2 Å². The summed E-state index contributed by atoms with van der Waals surface area (Å²) in [7, 11) is 0. The Morgan fingerprint density at radius 3 is 2.41 bits per heavy atom. The summed E-state index contributed by atoms with van der Waals surface area (Å²) >= 11 is 19.7. The molecule has 1 saturated heterocycles. The molecule has 0 bridgehead atoms. The molecule has 5 nitrogen and oxygen atoms in total. The van der Waals surface area contributed by atoms with Gasteiger partial charge in [0.15, 0.2) is 0 Å². The first-order valence-corrected chi connectivity index (χ1v) is 12.1. The molecular weight excluding hydrogens is 513 g/mol. The smallest absolute Gasteiger partial charge is 0.269 e. The van der Waals surface area contributed by atoms with Gasteiger partial charge in [0.2, 0.25) is 5.91 Å². The molecule has 1 N–H and O–H groups in total.